The van der Waals surface area contributed by atoms with Crippen molar-refractivity contribution in [1.82, 2.24) is 4.98 Å². The summed E-state index contributed by atoms with van der Waals surface area (Å²) < 4.78 is 0. The molecule has 0 bridgehead atoms. The lowest BCUT2D eigenvalue weighted by molar-refractivity contribution is 0.0696. The summed E-state index contributed by atoms with van der Waals surface area (Å²) in [6.07, 6.45) is 0. The predicted octanol–water partition coefficient (Wildman–Crippen LogP) is 2.97. The number of aromatic nitrogens is 1. The van der Waals surface area contributed by atoms with Crippen molar-refractivity contribution in [2.45, 2.75) is 27.7 Å². The summed E-state index contributed by atoms with van der Waals surface area (Å²) >= 11 is 0. The van der Waals surface area contributed by atoms with E-state index in [1.54, 1.807) is 0 Å². The SMILES string of the molecule is Cc1cc(C)c(C)c(-c2cc(C(=O)O)cc(=O)[nH]2)c1C. The van der Waals surface area contributed by atoms with Gasteiger partial charge in [0.15, 0.2) is 0 Å². The lowest BCUT2D eigenvalue weighted by atomic mass is 9.91. The van der Waals surface area contributed by atoms with Gasteiger partial charge in [-0.1, -0.05) is 6.07 Å². The van der Waals surface area contributed by atoms with E-state index in [2.05, 4.69) is 11.1 Å². The minimum Gasteiger partial charge on any atom is -0.478 e. The van der Waals surface area contributed by atoms with Crippen molar-refractivity contribution in [3.05, 3.63) is 56.4 Å². The van der Waals surface area contributed by atoms with Gasteiger partial charge in [0.25, 0.3) is 0 Å². The van der Waals surface area contributed by atoms with Gasteiger partial charge in [0, 0.05) is 17.3 Å². The van der Waals surface area contributed by atoms with E-state index in [9.17, 15) is 9.59 Å². The van der Waals surface area contributed by atoms with E-state index >= 15 is 0 Å². The molecule has 20 heavy (non-hydrogen) atoms. The Hall–Kier alpha value is -2.36. The molecule has 2 N–H and O–H groups in total. The Kier molecular flexibility index (Phi) is 3.49. The maximum Gasteiger partial charge on any atom is 0.335 e. The summed E-state index contributed by atoms with van der Waals surface area (Å²) in [7, 11) is 0. The quantitative estimate of drug-likeness (QED) is 0.882. The standard InChI is InChI=1S/C16H17NO3/c1-8-5-9(2)11(4)15(10(8)3)13-6-12(16(19)20)7-14(18)17-13/h5-7H,1-4H3,(H,17,18)(H,19,20). The van der Waals surface area contributed by atoms with Crippen LogP contribution in [-0.2, 0) is 0 Å². The van der Waals surface area contributed by atoms with Gasteiger partial charge in [0.2, 0.25) is 5.56 Å². The Morgan fingerprint density at radius 1 is 1.00 bits per heavy atom. The molecule has 0 aliphatic carbocycles. The Labute approximate surface area is 117 Å². The lowest BCUT2D eigenvalue weighted by Crippen LogP contribution is -2.11. The van der Waals surface area contributed by atoms with Crippen LogP contribution in [0.25, 0.3) is 11.3 Å². The van der Waals surface area contributed by atoms with Crippen LogP contribution in [-0.4, -0.2) is 16.1 Å². The molecular weight excluding hydrogens is 254 g/mol. The van der Waals surface area contributed by atoms with E-state index in [1.807, 2.05) is 27.7 Å². The van der Waals surface area contributed by atoms with Crippen LogP contribution in [0.15, 0.2) is 23.0 Å². The van der Waals surface area contributed by atoms with Crippen LogP contribution in [0, 0.1) is 27.7 Å². The third kappa shape index (κ3) is 2.37. The highest BCUT2D eigenvalue weighted by atomic mass is 16.4. The van der Waals surface area contributed by atoms with Crippen molar-refractivity contribution in [1.29, 1.82) is 0 Å². The van der Waals surface area contributed by atoms with Gasteiger partial charge in [-0.25, -0.2) is 4.79 Å². The molecule has 2 aromatic rings. The van der Waals surface area contributed by atoms with E-state index in [0.29, 0.717) is 5.69 Å². The first-order chi connectivity index (χ1) is 9.31. The number of aromatic amines is 1. The van der Waals surface area contributed by atoms with Crippen LogP contribution in [0.3, 0.4) is 0 Å². The molecule has 0 saturated heterocycles. The molecule has 0 fully saturated rings. The number of aryl methyl sites for hydroxylation is 2. The first-order valence-corrected chi connectivity index (χ1v) is 6.36. The second-order valence-corrected chi connectivity index (χ2v) is 5.09. The zero-order valence-corrected chi connectivity index (χ0v) is 12.0. The first kappa shape index (κ1) is 14.1. The molecule has 0 aliphatic rings. The van der Waals surface area contributed by atoms with Gasteiger partial charge in [-0.3, -0.25) is 4.79 Å². The van der Waals surface area contributed by atoms with Crippen molar-refractivity contribution < 1.29 is 9.90 Å². The Bertz CT molecular complexity index is 731. The number of aromatic carboxylic acids is 1. The molecule has 1 aromatic carbocycles. The maximum atomic E-state index is 11.7. The summed E-state index contributed by atoms with van der Waals surface area (Å²) in [5, 5.41) is 9.08. The zero-order chi connectivity index (χ0) is 15.0. The van der Waals surface area contributed by atoms with E-state index in [-0.39, 0.29) is 5.56 Å². The van der Waals surface area contributed by atoms with Crippen LogP contribution in [0.1, 0.15) is 32.6 Å². The number of hydrogen-bond donors (Lipinski definition) is 2. The number of carbonyl (C=O) groups is 1. The van der Waals surface area contributed by atoms with Crippen molar-refractivity contribution in [3.8, 4) is 11.3 Å². The number of H-pyrrole nitrogens is 1. The molecule has 0 aliphatic heterocycles. The van der Waals surface area contributed by atoms with Crippen molar-refractivity contribution in [2.75, 3.05) is 0 Å². The van der Waals surface area contributed by atoms with Crippen LogP contribution in [0.4, 0.5) is 0 Å². The Morgan fingerprint density at radius 2 is 1.55 bits per heavy atom. The topological polar surface area (TPSA) is 70.2 Å². The molecule has 0 saturated carbocycles. The monoisotopic (exact) mass is 271 g/mol. The molecule has 0 unspecified atom stereocenters. The fourth-order valence-electron chi connectivity index (χ4n) is 2.42. The van der Waals surface area contributed by atoms with Crippen molar-refractivity contribution in [3.63, 3.8) is 0 Å². The lowest BCUT2D eigenvalue weighted by Gasteiger charge is -2.15. The summed E-state index contributed by atoms with van der Waals surface area (Å²) in [6, 6.07) is 4.70. The molecule has 0 spiro atoms. The van der Waals surface area contributed by atoms with E-state index in [0.717, 1.165) is 33.9 Å². The highest BCUT2D eigenvalue weighted by Crippen LogP contribution is 2.30. The number of benzene rings is 1. The molecule has 4 nitrogen and oxygen atoms in total. The second-order valence-electron chi connectivity index (χ2n) is 5.09. The average molecular weight is 271 g/mol. The molecule has 0 radical (unpaired) electrons. The molecule has 1 heterocycles. The first-order valence-electron chi connectivity index (χ1n) is 6.36. The van der Waals surface area contributed by atoms with Crippen LogP contribution in [0.2, 0.25) is 0 Å². The van der Waals surface area contributed by atoms with Crippen molar-refractivity contribution >= 4 is 5.97 Å². The third-order valence-corrected chi connectivity index (χ3v) is 3.73. The largest absolute Gasteiger partial charge is 0.478 e. The van der Waals surface area contributed by atoms with E-state index in [1.165, 1.54) is 6.07 Å². The Balaban J connectivity index is 2.81. The van der Waals surface area contributed by atoms with Gasteiger partial charge in [-0.05, 0) is 56.0 Å². The molecule has 2 rings (SSSR count). The summed E-state index contributed by atoms with van der Waals surface area (Å²) in [5.74, 6) is -1.10. The van der Waals surface area contributed by atoms with Gasteiger partial charge in [-0.2, -0.15) is 0 Å². The number of nitrogens with one attached hydrogen (secondary N) is 1. The van der Waals surface area contributed by atoms with Gasteiger partial charge in [0.05, 0.1) is 5.56 Å². The second kappa shape index (κ2) is 4.96. The average Bonchev–Trinajstić information content (AvgIpc) is 2.36. The number of pyridine rings is 1. The van der Waals surface area contributed by atoms with Crippen LogP contribution in [0.5, 0.6) is 0 Å². The molecular formula is C16H17NO3. The maximum absolute atomic E-state index is 11.7. The van der Waals surface area contributed by atoms with Gasteiger partial charge in [0.1, 0.15) is 0 Å². The number of hydrogen-bond acceptors (Lipinski definition) is 2. The molecule has 4 heteroatoms. The van der Waals surface area contributed by atoms with Crippen LogP contribution >= 0.6 is 0 Å². The highest BCUT2D eigenvalue weighted by Gasteiger charge is 2.14. The fraction of sp³-hybridized carbons (Fsp3) is 0.250. The minimum absolute atomic E-state index is 0.00158. The van der Waals surface area contributed by atoms with Gasteiger partial charge in [-0.15, -0.1) is 0 Å². The normalized spacial score (nSPS) is 10.6. The summed E-state index contributed by atoms with van der Waals surface area (Å²) in [6.45, 7) is 7.96. The van der Waals surface area contributed by atoms with E-state index < -0.39 is 11.5 Å². The Morgan fingerprint density at radius 3 is 2.05 bits per heavy atom. The summed E-state index contributed by atoms with van der Waals surface area (Å²) in [4.78, 5) is 25.5. The summed E-state index contributed by atoms with van der Waals surface area (Å²) in [5.41, 5.74) is 5.38. The fourth-order valence-corrected chi connectivity index (χ4v) is 2.42. The molecule has 1 aromatic heterocycles. The van der Waals surface area contributed by atoms with E-state index in [4.69, 9.17) is 5.11 Å². The number of carboxylic acids is 1. The van der Waals surface area contributed by atoms with Gasteiger partial charge < -0.3 is 10.1 Å². The van der Waals surface area contributed by atoms with Crippen LogP contribution < -0.4 is 5.56 Å². The molecule has 104 valence electrons. The number of carboxylic acid groups (broad SMARTS) is 1. The molecule has 0 atom stereocenters. The van der Waals surface area contributed by atoms with Gasteiger partial charge >= 0.3 is 5.97 Å². The highest BCUT2D eigenvalue weighted by molar-refractivity contribution is 5.89. The molecule has 0 amide bonds. The third-order valence-electron chi connectivity index (χ3n) is 3.73. The minimum atomic E-state index is -1.10. The number of rotatable bonds is 2. The van der Waals surface area contributed by atoms with Crippen molar-refractivity contribution in [2.24, 2.45) is 0 Å². The smallest absolute Gasteiger partial charge is 0.335 e. The zero-order valence-electron chi connectivity index (χ0n) is 12.0. The predicted molar refractivity (Wildman–Crippen MR) is 78.4 cm³/mol.